The molecule has 6 heteroatoms. The Labute approximate surface area is 80.2 Å². The Hall–Kier alpha value is -0.940. The molecule has 14 heavy (non-hydrogen) atoms. The molecule has 0 aromatic rings. The van der Waals surface area contributed by atoms with Gasteiger partial charge in [-0.1, -0.05) is 6.92 Å². The van der Waals surface area contributed by atoms with Gasteiger partial charge in [-0.05, 0) is 12.8 Å². The van der Waals surface area contributed by atoms with Crippen LogP contribution in [0.25, 0.3) is 0 Å². The molecule has 0 amide bonds. The van der Waals surface area contributed by atoms with Crippen LogP contribution in [0.4, 0.5) is 18.0 Å². The van der Waals surface area contributed by atoms with Crippen molar-refractivity contribution in [2.24, 2.45) is 0 Å². The van der Waals surface area contributed by atoms with E-state index in [-0.39, 0.29) is 19.6 Å². The minimum Gasteiger partial charge on any atom is -0.434 e. The van der Waals surface area contributed by atoms with Gasteiger partial charge in [-0.3, -0.25) is 0 Å². The molecule has 0 saturated heterocycles. The summed E-state index contributed by atoms with van der Waals surface area (Å²) >= 11 is 0. The number of hydrogen-bond donors (Lipinski definition) is 0. The summed E-state index contributed by atoms with van der Waals surface area (Å²) in [5.41, 5.74) is 0. The van der Waals surface area contributed by atoms with Crippen molar-refractivity contribution in [1.82, 2.24) is 0 Å². The Kier molecular flexibility index (Phi) is 6.07. The second-order valence-electron chi connectivity index (χ2n) is 2.67. The van der Waals surface area contributed by atoms with Crippen LogP contribution in [0.5, 0.6) is 0 Å². The van der Waals surface area contributed by atoms with Gasteiger partial charge in [0.1, 0.15) is 0 Å². The van der Waals surface area contributed by atoms with Crippen molar-refractivity contribution in [2.45, 2.75) is 32.4 Å². The van der Waals surface area contributed by atoms with E-state index in [0.29, 0.717) is 6.42 Å². The molecule has 0 unspecified atom stereocenters. The molecule has 0 aliphatic carbocycles. The first-order valence-corrected chi connectivity index (χ1v) is 4.32. The van der Waals surface area contributed by atoms with Crippen LogP contribution in [0.15, 0.2) is 0 Å². The fourth-order valence-electron chi connectivity index (χ4n) is 0.655. The molecule has 0 aromatic carbocycles. The van der Waals surface area contributed by atoms with Gasteiger partial charge in [0.05, 0.1) is 13.2 Å². The van der Waals surface area contributed by atoms with Crippen molar-refractivity contribution in [2.75, 3.05) is 13.2 Å². The van der Waals surface area contributed by atoms with Crippen LogP contribution < -0.4 is 0 Å². The van der Waals surface area contributed by atoms with Crippen LogP contribution in [-0.2, 0) is 9.47 Å². The quantitative estimate of drug-likeness (QED) is 0.521. The maximum atomic E-state index is 11.6. The smallest absolute Gasteiger partial charge is 0.434 e. The van der Waals surface area contributed by atoms with E-state index >= 15 is 0 Å². The maximum absolute atomic E-state index is 11.6. The Morgan fingerprint density at radius 2 is 1.79 bits per heavy atom. The van der Waals surface area contributed by atoms with Gasteiger partial charge < -0.3 is 9.47 Å². The zero-order valence-electron chi connectivity index (χ0n) is 7.89. The van der Waals surface area contributed by atoms with Gasteiger partial charge in [-0.2, -0.15) is 13.2 Å². The van der Waals surface area contributed by atoms with Crippen molar-refractivity contribution in [1.29, 1.82) is 0 Å². The Morgan fingerprint density at radius 1 is 1.21 bits per heavy atom. The van der Waals surface area contributed by atoms with E-state index in [1.165, 1.54) is 0 Å². The summed E-state index contributed by atoms with van der Waals surface area (Å²) in [4.78, 5) is 10.6. The SMILES string of the molecule is CCCOC(=O)OCCCC(F)(F)F. The maximum Gasteiger partial charge on any atom is 0.508 e. The van der Waals surface area contributed by atoms with E-state index in [0.717, 1.165) is 0 Å². The first-order chi connectivity index (χ1) is 6.45. The van der Waals surface area contributed by atoms with Gasteiger partial charge in [-0.15, -0.1) is 0 Å². The molecule has 0 fully saturated rings. The third-order valence-electron chi connectivity index (χ3n) is 1.25. The summed E-state index contributed by atoms with van der Waals surface area (Å²) in [6.45, 7) is 1.76. The normalized spacial score (nSPS) is 11.1. The molecule has 3 nitrogen and oxygen atoms in total. The van der Waals surface area contributed by atoms with E-state index in [2.05, 4.69) is 9.47 Å². The average molecular weight is 214 g/mol. The molecule has 0 N–H and O–H groups in total. The van der Waals surface area contributed by atoms with Crippen molar-refractivity contribution in [3.8, 4) is 0 Å². The summed E-state index contributed by atoms with van der Waals surface area (Å²) in [6.07, 6.45) is -5.64. The van der Waals surface area contributed by atoms with E-state index in [1.54, 1.807) is 6.92 Å². The number of rotatable bonds is 5. The summed E-state index contributed by atoms with van der Waals surface area (Å²) in [5, 5.41) is 0. The first-order valence-electron chi connectivity index (χ1n) is 4.32. The van der Waals surface area contributed by atoms with Crippen LogP contribution in [0.1, 0.15) is 26.2 Å². The van der Waals surface area contributed by atoms with Gasteiger partial charge in [-0.25, -0.2) is 4.79 Å². The highest BCUT2D eigenvalue weighted by Crippen LogP contribution is 2.20. The van der Waals surface area contributed by atoms with Crippen LogP contribution >= 0.6 is 0 Å². The molecule has 0 saturated carbocycles. The highest BCUT2D eigenvalue weighted by atomic mass is 19.4. The zero-order valence-corrected chi connectivity index (χ0v) is 7.89. The molecular formula is C8H13F3O3. The van der Waals surface area contributed by atoms with Gasteiger partial charge in [0.15, 0.2) is 0 Å². The lowest BCUT2D eigenvalue weighted by atomic mass is 10.3. The van der Waals surface area contributed by atoms with Crippen molar-refractivity contribution in [3.63, 3.8) is 0 Å². The van der Waals surface area contributed by atoms with Crippen LogP contribution in [0.3, 0.4) is 0 Å². The molecule has 0 aliphatic rings. The molecule has 0 aliphatic heterocycles. The third kappa shape index (κ3) is 9.15. The van der Waals surface area contributed by atoms with Crippen LogP contribution in [-0.4, -0.2) is 25.5 Å². The topological polar surface area (TPSA) is 35.5 Å². The second-order valence-corrected chi connectivity index (χ2v) is 2.67. The first kappa shape index (κ1) is 13.1. The molecule has 0 spiro atoms. The molecular weight excluding hydrogens is 201 g/mol. The largest absolute Gasteiger partial charge is 0.508 e. The Bertz CT molecular complexity index is 168. The van der Waals surface area contributed by atoms with Gasteiger partial charge >= 0.3 is 12.3 Å². The van der Waals surface area contributed by atoms with Gasteiger partial charge in [0.2, 0.25) is 0 Å². The minimum atomic E-state index is -4.20. The molecule has 0 radical (unpaired) electrons. The lowest BCUT2D eigenvalue weighted by molar-refractivity contribution is -0.137. The fourth-order valence-corrected chi connectivity index (χ4v) is 0.655. The Balaban J connectivity index is 3.32. The molecule has 84 valence electrons. The Morgan fingerprint density at radius 3 is 2.29 bits per heavy atom. The van der Waals surface area contributed by atoms with E-state index in [9.17, 15) is 18.0 Å². The average Bonchev–Trinajstić information content (AvgIpc) is 2.07. The standard InChI is InChI=1S/C8H13F3O3/c1-2-5-13-7(12)14-6-3-4-8(9,10)11/h2-6H2,1H3. The lowest BCUT2D eigenvalue weighted by Crippen LogP contribution is -2.12. The number of carbonyl (C=O) groups is 1. The fraction of sp³-hybridized carbons (Fsp3) is 0.875. The molecule has 0 rings (SSSR count). The summed E-state index contributed by atoms with van der Waals surface area (Å²) in [7, 11) is 0. The minimum absolute atomic E-state index is 0.220. The predicted molar refractivity (Wildman–Crippen MR) is 42.9 cm³/mol. The third-order valence-corrected chi connectivity index (χ3v) is 1.25. The predicted octanol–water partition coefficient (Wildman–Crippen LogP) is 2.89. The zero-order chi connectivity index (χ0) is 11.0. The van der Waals surface area contributed by atoms with Crippen LogP contribution in [0.2, 0.25) is 0 Å². The van der Waals surface area contributed by atoms with Crippen molar-refractivity contribution >= 4 is 6.16 Å². The number of ether oxygens (including phenoxy) is 2. The number of hydrogen-bond acceptors (Lipinski definition) is 3. The van der Waals surface area contributed by atoms with Gasteiger partial charge in [0, 0.05) is 6.42 Å². The highest BCUT2D eigenvalue weighted by Gasteiger charge is 2.26. The molecule has 0 atom stereocenters. The number of carbonyl (C=O) groups excluding carboxylic acids is 1. The second kappa shape index (κ2) is 6.50. The lowest BCUT2D eigenvalue weighted by Gasteiger charge is -2.06. The van der Waals surface area contributed by atoms with E-state index in [1.807, 2.05) is 0 Å². The number of halogens is 3. The monoisotopic (exact) mass is 214 g/mol. The molecule has 0 heterocycles. The van der Waals surface area contributed by atoms with Crippen molar-refractivity contribution < 1.29 is 27.4 Å². The van der Waals surface area contributed by atoms with E-state index in [4.69, 9.17) is 0 Å². The number of alkyl halides is 3. The van der Waals surface area contributed by atoms with Gasteiger partial charge in [0.25, 0.3) is 0 Å². The molecule has 0 bridgehead atoms. The van der Waals surface area contributed by atoms with Crippen LogP contribution in [0, 0.1) is 0 Å². The molecule has 0 aromatic heterocycles. The summed E-state index contributed by atoms with van der Waals surface area (Å²) < 4.78 is 43.7. The van der Waals surface area contributed by atoms with E-state index < -0.39 is 18.8 Å². The summed E-state index contributed by atoms with van der Waals surface area (Å²) in [5.74, 6) is 0. The summed E-state index contributed by atoms with van der Waals surface area (Å²) in [6, 6.07) is 0. The van der Waals surface area contributed by atoms with Crippen molar-refractivity contribution in [3.05, 3.63) is 0 Å². The highest BCUT2D eigenvalue weighted by molar-refractivity contribution is 5.59.